The van der Waals surface area contributed by atoms with Crippen LogP contribution < -0.4 is 0 Å². The number of carbonyl (C=O) groups excluding carboxylic acids is 1. The number of hydrogen-bond donors (Lipinski definition) is 1. The van der Waals surface area contributed by atoms with Crippen molar-refractivity contribution >= 4 is 40.6 Å². The Morgan fingerprint density at radius 1 is 0.980 bits per heavy atom. The molecule has 0 radical (unpaired) electrons. The van der Waals surface area contributed by atoms with E-state index in [-0.39, 0.29) is 53.2 Å². The van der Waals surface area contributed by atoms with Crippen molar-refractivity contribution in [1.29, 1.82) is 0 Å². The number of hydrogen-bond acceptors (Lipinski definition) is 10. The monoisotopic (exact) mass is 733 g/mol. The van der Waals surface area contributed by atoms with Gasteiger partial charge in [-0.05, 0) is 127 Å². The predicted octanol–water partition coefficient (Wildman–Crippen LogP) is 6.67. The summed E-state index contributed by atoms with van der Waals surface area (Å²) in [5.41, 5.74) is 0.454. The van der Waals surface area contributed by atoms with Gasteiger partial charge in [0.05, 0.1) is 23.9 Å². The van der Waals surface area contributed by atoms with Crippen LogP contribution in [-0.4, -0.2) is 93.8 Å². The van der Waals surface area contributed by atoms with Crippen LogP contribution in [0.25, 0.3) is 0 Å². The number of cyclic esters (lactones) is 1. The van der Waals surface area contributed by atoms with E-state index in [0.29, 0.717) is 30.8 Å². The molecule has 4 aliphatic heterocycles. The number of nitrogens with zero attached hydrogens (tertiary/aromatic N) is 1. The maximum Gasteiger partial charge on any atom is 0.331 e. The van der Waals surface area contributed by atoms with Gasteiger partial charge in [0, 0.05) is 41.9 Å². The maximum absolute atomic E-state index is 12.3. The molecule has 0 amide bonds. The highest BCUT2D eigenvalue weighted by Crippen LogP contribution is 2.72. The molecule has 0 bridgehead atoms. The van der Waals surface area contributed by atoms with Gasteiger partial charge in [0.25, 0.3) is 0 Å². The Balaban J connectivity index is 1.16. The molecule has 8 rings (SSSR count). The largest absolute Gasteiger partial charge is 0.458 e. The van der Waals surface area contributed by atoms with Crippen LogP contribution in [0.4, 0.5) is 0 Å². The number of thioether (sulfide) groups is 1. The summed E-state index contributed by atoms with van der Waals surface area (Å²) in [5.74, 6) is 0.706. The SMILES string of the molecule is C[C@@H]1C[C@@]2(N=CCS2)[C@]2(O[Si](C)(C)C)O[C@@H]3C[C@@]4(CO)[C@@H](CC[C@@H]5[C@@H]4CC[C@]4(C)[C@@H](C6=CC(=O)OC6)CC[C@]54O[Si](C)(C)C)C[C@H]3O[C@@H]2O1. The first-order valence-corrected chi connectivity index (χ1v) is 26.8. The van der Waals surface area contributed by atoms with Crippen molar-refractivity contribution in [3.8, 4) is 0 Å². The van der Waals surface area contributed by atoms with Crippen LogP contribution in [0.2, 0.25) is 39.3 Å². The van der Waals surface area contributed by atoms with Gasteiger partial charge in [0.1, 0.15) is 6.61 Å². The summed E-state index contributed by atoms with van der Waals surface area (Å²) < 4.78 is 41.3. The second-order valence-electron chi connectivity index (χ2n) is 18.9. The molecule has 0 unspecified atom stereocenters. The van der Waals surface area contributed by atoms with Crippen molar-refractivity contribution in [2.75, 3.05) is 19.0 Å². The minimum atomic E-state index is -2.17. The minimum absolute atomic E-state index is 0.0270. The van der Waals surface area contributed by atoms with E-state index in [0.717, 1.165) is 62.7 Å². The molecule has 0 aromatic rings. The van der Waals surface area contributed by atoms with Gasteiger partial charge in [0.15, 0.2) is 21.5 Å². The molecule has 4 aliphatic carbocycles. The lowest BCUT2D eigenvalue weighted by Crippen LogP contribution is -2.75. The fraction of sp³-hybridized carbons (Fsp3) is 0.892. The highest BCUT2D eigenvalue weighted by atomic mass is 32.2. The van der Waals surface area contributed by atoms with Gasteiger partial charge in [-0.25, -0.2) is 4.79 Å². The number of aliphatic imine (C=N–C) groups is 1. The average Bonchev–Trinajstić information content (AvgIpc) is 3.72. The standard InChI is InChI=1S/C37H59NO8SSi2/c1-23-19-36(38-15-16-47-36)37(46-49(6,7)8)32(42-23)43-29-18-25-9-10-28-27(34(25,22-39)20-30(29)44-37)11-13-33(2)26(24-17-31(40)41-21-24)12-14-35(28,33)45-48(3,4)5/h15,17,23,25-30,32,39H,9-14,16,18-22H2,1-8H3/t23-,25+,26-,27+,28-,29-,30-,32+,33-,34-,35+,36+,37+/m1/s1. The van der Waals surface area contributed by atoms with Crippen LogP contribution in [0.15, 0.2) is 16.6 Å². The number of aliphatic hydroxyl groups is 1. The van der Waals surface area contributed by atoms with Gasteiger partial charge in [-0.15, -0.1) is 11.8 Å². The Hall–Kier alpha value is -0.576. The molecule has 13 atom stereocenters. The summed E-state index contributed by atoms with van der Waals surface area (Å²) in [5, 5.41) is 11.7. The summed E-state index contributed by atoms with van der Waals surface area (Å²) in [6.07, 6.45) is 11.2. The highest BCUT2D eigenvalue weighted by Gasteiger charge is 2.74. The summed E-state index contributed by atoms with van der Waals surface area (Å²) in [6.45, 7) is 18.7. The van der Waals surface area contributed by atoms with Crippen LogP contribution >= 0.6 is 11.8 Å². The zero-order chi connectivity index (χ0) is 34.8. The van der Waals surface area contributed by atoms with Crippen molar-refractivity contribution < 1.29 is 37.7 Å². The lowest BCUT2D eigenvalue weighted by molar-refractivity contribution is -0.440. The fourth-order valence-corrected chi connectivity index (χ4v) is 16.7. The number of ether oxygens (including phenoxy) is 4. The van der Waals surface area contributed by atoms with Crippen LogP contribution in [0.1, 0.15) is 71.6 Å². The summed E-state index contributed by atoms with van der Waals surface area (Å²) in [4.78, 5) is 16.8. The lowest BCUT2D eigenvalue weighted by Gasteiger charge is -2.68. The minimum Gasteiger partial charge on any atom is -0.458 e. The normalized spacial score (nSPS) is 50.6. The zero-order valence-electron chi connectivity index (χ0n) is 30.9. The Bertz CT molecular complexity index is 1420. The van der Waals surface area contributed by atoms with Gasteiger partial charge in [-0.3, -0.25) is 4.99 Å². The van der Waals surface area contributed by atoms with Gasteiger partial charge in [-0.1, -0.05) is 6.92 Å². The van der Waals surface area contributed by atoms with Crippen molar-refractivity contribution in [3.05, 3.63) is 11.6 Å². The Morgan fingerprint density at radius 2 is 1.76 bits per heavy atom. The number of fused-ring (bicyclic) bond motifs is 8. The van der Waals surface area contributed by atoms with Gasteiger partial charge < -0.3 is 32.9 Å². The van der Waals surface area contributed by atoms with Crippen molar-refractivity contribution in [3.63, 3.8) is 0 Å². The van der Waals surface area contributed by atoms with E-state index >= 15 is 0 Å². The van der Waals surface area contributed by atoms with Gasteiger partial charge in [-0.2, -0.15) is 0 Å². The molecule has 0 aromatic carbocycles. The molecule has 1 N–H and O–H groups in total. The Kier molecular flexibility index (Phi) is 8.47. The molecular formula is C37H59NO8SSi2. The second-order valence-corrected chi connectivity index (χ2v) is 29.1. The highest BCUT2D eigenvalue weighted by molar-refractivity contribution is 8.01. The summed E-state index contributed by atoms with van der Waals surface area (Å²) in [7, 11) is -4.17. The third-order valence-corrected chi connectivity index (χ3v) is 17.2. The third-order valence-electron chi connectivity index (χ3n) is 14.0. The Labute approximate surface area is 299 Å². The first-order chi connectivity index (χ1) is 23.0. The molecule has 8 aliphatic rings. The van der Waals surface area contributed by atoms with E-state index in [1.807, 2.05) is 6.21 Å². The van der Waals surface area contributed by atoms with Gasteiger partial charge >= 0.3 is 5.97 Å². The first kappa shape index (κ1) is 35.5. The van der Waals surface area contributed by atoms with Crippen molar-refractivity contribution in [2.45, 2.75) is 152 Å². The molecule has 1 spiro atoms. The second kappa shape index (κ2) is 11.7. The molecule has 4 heterocycles. The quantitative estimate of drug-likeness (QED) is 0.182. The van der Waals surface area contributed by atoms with Crippen molar-refractivity contribution in [1.82, 2.24) is 0 Å². The van der Waals surface area contributed by atoms with E-state index < -0.39 is 33.6 Å². The maximum atomic E-state index is 12.3. The molecule has 6 fully saturated rings. The molecule has 9 nitrogen and oxygen atoms in total. The van der Waals surface area contributed by atoms with Crippen molar-refractivity contribution in [2.24, 2.45) is 39.5 Å². The molecule has 49 heavy (non-hydrogen) atoms. The van der Waals surface area contributed by atoms with Crippen LogP contribution in [0.3, 0.4) is 0 Å². The molecular weight excluding hydrogens is 675 g/mol. The topological polar surface area (TPSA) is 105 Å². The van der Waals surface area contributed by atoms with E-state index in [2.05, 4.69) is 53.1 Å². The number of rotatable bonds is 6. The van der Waals surface area contributed by atoms with Crippen LogP contribution in [-0.2, 0) is 32.6 Å². The summed E-state index contributed by atoms with van der Waals surface area (Å²) >= 11 is 1.80. The smallest absolute Gasteiger partial charge is 0.331 e. The Morgan fingerprint density at radius 3 is 2.41 bits per heavy atom. The van der Waals surface area contributed by atoms with Crippen LogP contribution in [0.5, 0.6) is 0 Å². The number of carbonyl (C=O) groups is 1. The number of esters is 1. The van der Waals surface area contributed by atoms with Crippen LogP contribution in [0, 0.1) is 34.5 Å². The van der Waals surface area contributed by atoms with E-state index in [9.17, 15) is 9.90 Å². The first-order valence-electron chi connectivity index (χ1n) is 19.0. The van der Waals surface area contributed by atoms with E-state index in [4.69, 9.17) is 32.8 Å². The molecule has 12 heteroatoms. The predicted molar refractivity (Wildman–Crippen MR) is 194 cm³/mol. The third kappa shape index (κ3) is 5.26. The number of aliphatic hydroxyl groups excluding tert-OH is 1. The van der Waals surface area contributed by atoms with E-state index in [1.54, 1.807) is 17.8 Å². The summed E-state index contributed by atoms with van der Waals surface area (Å²) in [6, 6.07) is 0. The van der Waals surface area contributed by atoms with E-state index in [1.165, 1.54) is 0 Å². The molecule has 274 valence electrons. The fourth-order valence-electron chi connectivity index (χ4n) is 12.5. The molecule has 0 aromatic heterocycles. The molecule has 2 saturated heterocycles. The van der Waals surface area contributed by atoms with Gasteiger partial charge in [0.2, 0.25) is 12.1 Å². The average molecular weight is 734 g/mol. The molecule has 4 saturated carbocycles. The lowest BCUT2D eigenvalue weighted by atomic mass is 9.42. The zero-order valence-corrected chi connectivity index (χ0v) is 33.7.